The summed E-state index contributed by atoms with van der Waals surface area (Å²) in [5, 5.41) is 11.9. The fraction of sp³-hybridized carbons (Fsp3) is 0.200. The van der Waals surface area contributed by atoms with E-state index in [1.807, 2.05) is 30.8 Å². The van der Waals surface area contributed by atoms with Gasteiger partial charge in [-0.2, -0.15) is 5.26 Å². The van der Waals surface area contributed by atoms with Gasteiger partial charge in [-0.15, -0.1) is 0 Å². The third kappa shape index (κ3) is 2.57. The first kappa shape index (κ1) is 10.7. The number of nitrogens with zero attached hydrogens (tertiary/aromatic N) is 2. The monoisotopic (exact) mass is 252 g/mol. The largest absolute Gasteiger partial charge is 0.273 e. The van der Waals surface area contributed by atoms with Gasteiger partial charge in [-0.05, 0) is 28.1 Å². The summed E-state index contributed by atoms with van der Waals surface area (Å²) in [5.41, 5.74) is 1.42. The number of para-hydroxylation sites is 1. The molecule has 0 aromatic heterocycles. The number of rotatable bonds is 2. The molecule has 0 spiro atoms. The summed E-state index contributed by atoms with van der Waals surface area (Å²) >= 11 is 3.39. The zero-order chi connectivity index (χ0) is 10.6. The van der Waals surface area contributed by atoms with E-state index < -0.39 is 0 Å². The molecule has 0 radical (unpaired) electrons. The molecular weight excluding hydrogens is 242 g/mol. The maximum Gasteiger partial charge on any atom is 0.236 e. The Labute approximate surface area is 91.8 Å². The minimum Gasteiger partial charge on any atom is -0.273 e. The normalized spacial score (nSPS) is 9.00. The van der Waals surface area contributed by atoms with Crippen LogP contribution in [0.15, 0.2) is 22.7 Å². The molecule has 0 saturated heterocycles. The fourth-order valence-electron chi connectivity index (χ4n) is 0.958. The molecule has 0 saturated carbocycles. The number of benzene rings is 1. The molecule has 0 heterocycles. The first-order valence-corrected chi connectivity index (χ1v) is 4.89. The van der Waals surface area contributed by atoms with Gasteiger partial charge in [-0.3, -0.25) is 4.58 Å². The number of anilines is 1. The maximum absolute atomic E-state index is 8.87. The molecule has 1 rings (SSSR count). The SMILES string of the molecule is C[N+](C)=CNc1c(Br)cccc1C#N. The van der Waals surface area contributed by atoms with Gasteiger partial charge in [0.1, 0.15) is 6.07 Å². The summed E-state index contributed by atoms with van der Waals surface area (Å²) in [4.78, 5) is 0. The molecule has 0 amide bonds. The lowest BCUT2D eigenvalue weighted by Crippen LogP contribution is -2.08. The van der Waals surface area contributed by atoms with Crippen molar-refractivity contribution >= 4 is 28.0 Å². The molecule has 0 unspecified atom stereocenters. The van der Waals surface area contributed by atoms with E-state index in [0.717, 1.165) is 10.2 Å². The minimum atomic E-state index is 0.623. The zero-order valence-electron chi connectivity index (χ0n) is 8.08. The fourth-order valence-corrected chi connectivity index (χ4v) is 1.44. The first-order valence-electron chi connectivity index (χ1n) is 4.10. The van der Waals surface area contributed by atoms with Crippen LogP contribution in [0.5, 0.6) is 0 Å². The van der Waals surface area contributed by atoms with E-state index in [1.165, 1.54) is 0 Å². The van der Waals surface area contributed by atoms with E-state index in [1.54, 1.807) is 12.4 Å². The Hall–Kier alpha value is -1.34. The summed E-state index contributed by atoms with van der Waals surface area (Å²) in [6.45, 7) is 0. The highest BCUT2D eigenvalue weighted by Gasteiger charge is 2.08. The highest BCUT2D eigenvalue weighted by atomic mass is 79.9. The Morgan fingerprint density at radius 3 is 2.79 bits per heavy atom. The van der Waals surface area contributed by atoms with Crippen LogP contribution in [0.25, 0.3) is 0 Å². The van der Waals surface area contributed by atoms with E-state index in [9.17, 15) is 0 Å². The van der Waals surface area contributed by atoms with Crippen LogP contribution in [0.4, 0.5) is 5.69 Å². The summed E-state index contributed by atoms with van der Waals surface area (Å²) in [7, 11) is 3.83. The Morgan fingerprint density at radius 1 is 1.50 bits per heavy atom. The predicted molar refractivity (Wildman–Crippen MR) is 60.7 cm³/mol. The van der Waals surface area contributed by atoms with E-state index in [0.29, 0.717) is 5.56 Å². The van der Waals surface area contributed by atoms with Gasteiger partial charge in [-0.25, -0.2) is 5.32 Å². The van der Waals surface area contributed by atoms with Gasteiger partial charge in [0, 0.05) is 0 Å². The summed E-state index contributed by atoms with van der Waals surface area (Å²) < 4.78 is 2.76. The van der Waals surface area contributed by atoms with Gasteiger partial charge in [0.25, 0.3) is 0 Å². The summed E-state index contributed by atoms with van der Waals surface area (Å²) in [6, 6.07) is 7.64. The molecule has 0 atom stereocenters. The van der Waals surface area contributed by atoms with Crippen molar-refractivity contribution in [3.8, 4) is 6.07 Å². The Bertz CT molecular complexity index is 400. The third-order valence-electron chi connectivity index (χ3n) is 1.60. The van der Waals surface area contributed by atoms with Crippen molar-refractivity contribution in [1.29, 1.82) is 5.26 Å². The van der Waals surface area contributed by atoms with Crippen molar-refractivity contribution < 1.29 is 4.58 Å². The number of nitrogens with one attached hydrogen (secondary N) is 1. The highest BCUT2D eigenvalue weighted by molar-refractivity contribution is 9.10. The van der Waals surface area contributed by atoms with Crippen molar-refractivity contribution in [1.82, 2.24) is 0 Å². The average Bonchev–Trinajstić information content (AvgIpc) is 2.15. The molecule has 3 nitrogen and oxygen atoms in total. The highest BCUT2D eigenvalue weighted by Crippen LogP contribution is 2.25. The van der Waals surface area contributed by atoms with E-state index >= 15 is 0 Å². The molecule has 0 bridgehead atoms. The molecular formula is C10H11BrN3+. The molecule has 1 aromatic rings. The lowest BCUT2D eigenvalue weighted by atomic mass is 10.2. The van der Waals surface area contributed by atoms with Crippen LogP contribution in [0.3, 0.4) is 0 Å². The minimum absolute atomic E-state index is 0.623. The predicted octanol–water partition coefficient (Wildman–Crippen LogP) is 2.03. The summed E-state index contributed by atoms with van der Waals surface area (Å²) in [6.07, 6.45) is 1.79. The van der Waals surface area contributed by atoms with E-state index in [-0.39, 0.29) is 0 Å². The molecule has 0 aliphatic heterocycles. The first-order chi connectivity index (χ1) is 6.65. The van der Waals surface area contributed by atoms with Gasteiger partial charge < -0.3 is 0 Å². The van der Waals surface area contributed by atoms with Crippen LogP contribution in [0.2, 0.25) is 0 Å². The molecule has 4 heteroatoms. The molecule has 72 valence electrons. The zero-order valence-corrected chi connectivity index (χ0v) is 9.67. The molecule has 0 aliphatic rings. The Kier molecular flexibility index (Phi) is 3.66. The smallest absolute Gasteiger partial charge is 0.236 e. The number of hydrogen-bond donors (Lipinski definition) is 1. The van der Waals surface area contributed by atoms with Gasteiger partial charge >= 0.3 is 0 Å². The number of nitriles is 1. The van der Waals surface area contributed by atoms with E-state index in [2.05, 4.69) is 27.3 Å². The molecule has 0 fully saturated rings. The number of halogens is 1. The van der Waals surface area contributed by atoms with Crippen molar-refractivity contribution in [3.05, 3.63) is 28.2 Å². The second-order valence-corrected chi connectivity index (χ2v) is 3.87. The van der Waals surface area contributed by atoms with Crippen LogP contribution in [0, 0.1) is 11.3 Å². The lowest BCUT2D eigenvalue weighted by Gasteiger charge is -2.00. The molecule has 1 aromatic carbocycles. The second-order valence-electron chi connectivity index (χ2n) is 3.01. The quantitative estimate of drug-likeness (QED) is 0.497. The molecule has 1 N–H and O–H groups in total. The van der Waals surface area contributed by atoms with Gasteiger partial charge in [0.2, 0.25) is 6.34 Å². The Morgan fingerprint density at radius 2 is 2.21 bits per heavy atom. The van der Waals surface area contributed by atoms with Gasteiger partial charge in [0.15, 0.2) is 5.69 Å². The number of hydrogen-bond acceptors (Lipinski definition) is 1. The van der Waals surface area contributed by atoms with Crippen LogP contribution >= 0.6 is 15.9 Å². The van der Waals surface area contributed by atoms with Crippen molar-refractivity contribution in [2.24, 2.45) is 0 Å². The third-order valence-corrected chi connectivity index (χ3v) is 2.26. The second kappa shape index (κ2) is 4.77. The van der Waals surface area contributed by atoms with Crippen molar-refractivity contribution in [2.75, 3.05) is 19.4 Å². The van der Waals surface area contributed by atoms with Crippen LogP contribution in [-0.4, -0.2) is 25.0 Å². The summed E-state index contributed by atoms with van der Waals surface area (Å²) in [5.74, 6) is 0. The lowest BCUT2D eigenvalue weighted by molar-refractivity contribution is -0.459. The topological polar surface area (TPSA) is 38.8 Å². The average molecular weight is 253 g/mol. The van der Waals surface area contributed by atoms with Crippen molar-refractivity contribution in [3.63, 3.8) is 0 Å². The van der Waals surface area contributed by atoms with Crippen LogP contribution in [0.1, 0.15) is 5.56 Å². The standard InChI is InChI=1S/C10H10BrN3/c1-14(2)7-13-10-8(6-12)4-3-5-9(10)11/h3-5,7H,1-2H3/p+1. The van der Waals surface area contributed by atoms with Crippen molar-refractivity contribution in [2.45, 2.75) is 0 Å². The van der Waals surface area contributed by atoms with Crippen LogP contribution < -0.4 is 5.32 Å². The van der Waals surface area contributed by atoms with E-state index in [4.69, 9.17) is 5.26 Å². The Balaban J connectivity index is 3.07. The van der Waals surface area contributed by atoms with Gasteiger partial charge in [0.05, 0.1) is 24.1 Å². The maximum atomic E-state index is 8.87. The molecule has 0 aliphatic carbocycles. The van der Waals surface area contributed by atoms with Crippen LogP contribution in [-0.2, 0) is 0 Å². The van der Waals surface area contributed by atoms with Gasteiger partial charge in [-0.1, -0.05) is 6.07 Å². The molecule has 14 heavy (non-hydrogen) atoms.